The first kappa shape index (κ1) is 21.5. The molecule has 0 aromatic heterocycles. The highest BCUT2D eigenvalue weighted by molar-refractivity contribution is 5.94. The lowest BCUT2D eigenvalue weighted by atomic mass is 9.77. The van der Waals surface area contributed by atoms with Crippen LogP contribution in [0, 0.1) is 0 Å². The van der Waals surface area contributed by atoms with Crippen molar-refractivity contribution in [3.05, 3.63) is 64.2 Å². The molecule has 2 heterocycles. The van der Waals surface area contributed by atoms with Crippen molar-refractivity contribution < 1.29 is 14.3 Å². The minimum absolute atomic E-state index is 0.170. The first-order chi connectivity index (χ1) is 15.7. The summed E-state index contributed by atoms with van der Waals surface area (Å²) in [6.07, 6.45) is 9.10. The summed E-state index contributed by atoms with van der Waals surface area (Å²) in [6.45, 7) is 2.49. The van der Waals surface area contributed by atoms with Crippen LogP contribution in [-0.4, -0.2) is 31.8 Å². The number of rotatable bonds is 6. The Morgan fingerprint density at radius 2 is 2.00 bits per heavy atom. The molecule has 3 aliphatic rings. The average Bonchev–Trinajstić information content (AvgIpc) is 3.36. The maximum absolute atomic E-state index is 12.2. The largest absolute Gasteiger partial charge is 0.491 e. The van der Waals surface area contributed by atoms with Gasteiger partial charge in [0.25, 0.3) is 0 Å². The number of benzene rings is 2. The number of aryl methyl sites for hydroxylation is 1. The first-order valence-corrected chi connectivity index (χ1v) is 12.2. The van der Waals surface area contributed by atoms with Crippen LogP contribution in [0.1, 0.15) is 83.1 Å². The molecule has 0 bridgehead atoms. The van der Waals surface area contributed by atoms with Gasteiger partial charge in [-0.15, -0.1) is 0 Å². The number of piperidine rings is 1. The minimum Gasteiger partial charge on any atom is -0.491 e. The van der Waals surface area contributed by atoms with Crippen LogP contribution in [0.2, 0.25) is 0 Å². The predicted octanol–water partition coefficient (Wildman–Crippen LogP) is 4.43. The van der Waals surface area contributed by atoms with Crippen LogP contribution in [0.15, 0.2) is 36.4 Å². The standard InChI is InChI=1S/C27H34N2O3/c28-27(30)24-11-10-22(32-17-23-4-3-13-31-23)16-25(24)20-8-6-19-15-21(9-7-18(19)14-20)26-5-1-2-12-29-26/h7,9-11,15-16,20,23,26,29H,1-6,8,12-14,17H2,(H2,28,30)/t20-,23-,26?/m0/s1. The molecule has 2 aromatic carbocycles. The molecule has 0 radical (unpaired) electrons. The highest BCUT2D eigenvalue weighted by Gasteiger charge is 2.26. The molecule has 5 rings (SSSR count). The summed E-state index contributed by atoms with van der Waals surface area (Å²) in [7, 11) is 0. The summed E-state index contributed by atoms with van der Waals surface area (Å²) in [4.78, 5) is 12.2. The zero-order valence-corrected chi connectivity index (χ0v) is 18.8. The van der Waals surface area contributed by atoms with Gasteiger partial charge in [-0.05, 0) is 97.9 Å². The van der Waals surface area contributed by atoms with E-state index in [2.05, 4.69) is 23.5 Å². The number of nitrogens with one attached hydrogen (secondary N) is 1. The van der Waals surface area contributed by atoms with Crippen LogP contribution in [0.4, 0.5) is 0 Å². The molecule has 5 heteroatoms. The van der Waals surface area contributed by atoms with Gasteiger partial charge in [0, 0.05) is 18.2 Å². The zero-order chi connectivity index (χ0) is 21.9. The van der Waals surface area contributed by atoms with Crippen molar-refractivity contribution in [3.63, 3.8) is 0 Å². The number of primary amides is 1. The number of amides is 1. The van der Waals surface area contributed by atoms with Crippen LogP contribution in [-0.2, 0) is 17.6 Å². The molecule has 1 amide bonds. The van der Waals surface area contributed by atoms with Crippen molar-refractivity contribution in [3.8, 4) is 5.75 Å². The van der Waals surface area contributed by atoms with Gasteiger partial charge in [-0.3, -0.25) is 4.79 Å². The molecule has 2 aliphatic heterocycles. The van der Waals surface area contributed by atoms with E-state index in [4.69, 9.17) is 15.2 Å². The van der Waals surface area contributed by atoms with Crippen LogP contribution in [0.25, 0.3) is 0 Å². The number of carbonyl (C=O) groups is 1. The number of hydrogen-bond acceptors (Lipinski definition) is 4. The van der Waals surface area contributed by atoms with E-state index in [9.17, 15) is 4.79 Å². The van der Waals surface area contributed by atoms with Gasteiger partial charge in [0.05, 0.1) is 6.10 Å². The lowest BCUT2D eigenvalue weighted by molar-refractivity contribution is 0.0679. The lowest BCUT2D eigenvalue weighted by Crippen LogP contribution is -2.27. The molecule has 3 N–H and O–H groups in total. The molecule has 2 saturated heterocycles. The SMILES string of the molecule is NC(=O)c1ccc(OC[C@@H]2CCCO2)cc1[C@H]1CCc2cc(C3CCCCN3)ccc2C1. The lowest BCUT2D eigenvalue weighted by Gasteiger charge is -2.29. The predicted molar refractivity (Wildman–Crippen MR) is 125 cm³/mol. The second-order valence-electron chi connectivity index (χ2n) is 9.53. The fourth-order valence-corrected chi connectivity index (χ4v) is 5.55. The number of hydrogen-bond donors (Lipinski definition) is 2. The van der Waals surface area contributed by atoms with E-state index < -0.39 is 0 Å². The maximum atomic E-state index is 12.2. The molecule has 2 aromatic rings. The second-order valence-corrected chi connectivity index (χ2v) is 9.53. The van der Waals surface area contributed by atoms with Crippen molar-refractivity contribution in [1.29, 1.82) is 0 Å². The molecule has 5 nitrogen and oxygen atoms in total. The monoisotopic (exact) mass is 434 g/mol. The van der Waals surface area contributed by atoms with Gasteiger partial charge in [0.1, 0.15) is 12.4 Å². The van der Waals surface area contributed by atoms with E-state index in [-0.39, 0.29) is 17.9 Å². The quantitative estimate of drug-likeness (QED) is 0.705. The van der Waals surface area contributed by atoms with E-state index >= 15 is 0 Å². The molecule has 2 fully saturated rings. The van der Waals surface area contributed by atoms with Crippen LogP contribution < -0.4 is 15.8 Å². The first-order valence-electron chi connectivity index (χ1n) is 12.2. The molecule has 0 spiro atoms. The van der Waals surface area contributed by atoms with Crippen molar-refractivity contribution in [1.82, 2.24) is 5.32 Å². The zero-order valence-electron chi connectivity index (χ0n) is 18.8. The van der Waals surface area contributed by atoms with Crippen LogP contribution >= 0.6 is 0 Å². The maximum Gasteiger partial charge on any atom is 0.248 e. The Bertz CT molecular complexity index is 961. The van der Waals surface area contributed by atoms with Crippen molar-refractivity contribution >= 4 is 5.91 Å². The average molecular weight is 435 g/mol. The highest BCUT2D eigenvalue weighted by Crippen LogP contribution is 2.37. The third-order valence-electron chi connectivity index (χ3n) is 7.36. The van der Waals surface area contributed by atoms with E-state index in [1.807, 2.05) is 18.2 Å². The molecule has 0 saturated carbocycles. The minimum atomic E-state index is -0.366. The Kier molecular flexibility index (Phi) is 6.47. The number of ether oxygens (including phenoxy) is 2. The van der Waals surface area contributed by atoms with E-state index in [0.717, 1.165) is 56.6 Å². The highest BCUT2D eigenvalue weighted by atomic mass is 16.5. The van der Waals surface area contributed by atoms with Gasteiger partial charge in [0.15, 0.2) is 0 Å². The van der Waals surface area contributed by atoms with Gasteiger partial charge in [0.2, 0.25) is 5.91 Å². The number of fused-ring (bicyclic) bond motifs is 1. The summed E-state index contributed by atoms with van der Waals surface area (Å²) in [5, 5.41) is 3.66. The van der Waals surface area contributed by atoms with E-state index in [1.165, 1.54) is 36.0 Å². The fourth-order valence-electron chi connectivity index (χ4n) is 5.55. The summed E-state index contributed by atoms with van der Waals surface area (Å²) in [6, 6.07) is 13.2. The molecular weight excluding hydrogens is 400 g/mol. The Morgan fingerprint density at radius 1 is 1.06 bits per heavy atom. The molecule has 3 atom stereocenters. The molecule has 1 unspecified atom stereocenters. The Balaban J connectivity index is 1.34. The molecule has 1 aliphatic carbocycles. The van der Waals surface area contributed by atoms with E-state index in [0.29, 0.717) is 18.2 Å². The van der Waals surface area contributed by atoms with Crippen LogP contribution in [0.3, 0.4) is 0 Å². The normalized spacial score (nSPS) is 25.3. The number of nitrogens with two attached hydrogens (primary N) is 1. The van der Waals surface area contributed by atoms with Crippen LogP contribution in [0.5, 0.6) is 5.75 Å². The fraction of sp³-hybridized carbons (Fsp3) is 0.519. The van der Waals surface area contributed by atoms with E-state index in [1.54, 1.807) is 0 Å². The molecule has 32 heavy (non-hydrogen) atoms. The van der Waals surface area contributed by atoms with Crippen molar-refractivity contribution in [2.75, 3.05) is 19.8 Å². The summed E-state index contributed by atoms with van der Waals surface area (Å²) < 4.78 is 11.7. The molecular formula is C27H34N2O3. The summed E-state index contributed by atoms with van der Waals surface area (Å²) >= 11 is 0. The Labute approximate surface area is 190 Å². The van der Waals surface area contributed by atoms with Gasteiger partial charge in [-0.25, -0.2) is 0 Å². The summed E-state index contributed by atoms with van der Waals surface area (Å²) in [5.41, 5.74) is 11.6. The topological polar surface area (TPSA) is 73.6 Å². The Morgan fingerprint density at radius 3 is 2.78 bits per heavy atom. The third-order valence-corrected chi connectivity index (χ3v) is 7.36. The second kappa shape index (κ2) is 9.63. The van der Waals surface area contributed by atoms with Gasteiger partial charge >= 0.3 is 0 Å². The number of carbonyl (C=O) groups excluding carboxylic acids is 1. The Hall–Kier alpha value is -2.37. The summed E-state index contributed by atoms with van der Waals surface area (Å²) in [5.74, 6) is 0.704. The van der Waals surface area contributed by atoms with Gasteiger partial charge in [-0.1, -0.05) is 24.6 Å². The smallest absolute Gasteiger partial charge is 0.248 e. The van der Waals surface area contributed by atoms with Crippen molar-refractivity contribution in [2.45, 2.75) is 69.4 Å². The molecule has 170 valence electrons. The van der Waals surface area contributed by atoms with Gasteiger partial charge in [-0.2, -0.15) is 0 Å². The third kappa shape index (κ3) is 4.69. The van der Waals surface area contributed by atoms with Crippen molar-refractivity contribution in [2.24, 2.45) is 5.73 Å². The van der Waals surface area contributed by atoms with Gasteiger partial charge < -0.3 is 20.5 Å².